The highest BCUT2D eigenvalue weighted by atomic mass is 16.2. The number of amides is 1. The lowest BCUT2D eigenvalue weighted by Crippen LogP contribution is -2.48. The average Bonchev–Trinajstić information content (AvgIpc) is 2.93. The summed E-state index contributed by atoms with van der Waals surface area (Å²) >= 11 is 0. The van der Waals surface area contributed by atoms with E-state index in [0.29, 0.717) is 19.1 Å². The molecule has 1 amide bonds. The molecule has 0 radical (unpaired) electrons. The molecule has 0 saturated carbocycles. The number of carbonyl (C=O) groups is 1. The molecule has 2 fully saturated rings. The summed E-state index contributed by atoms with van der Waals surface area (Å²) in [5.74, 6) is 2.67. The standard InChI is InChI=1S/C14H23N3O/c1-2-7-15-12-14(18)17-10-5-13(6-11-17)16-8-3-4-9-16/h1,13,15H,3-12H2. The van der Waals surface area contributed by atoms with Crippen LogP contribution in [0.15, 0.2) is 0 Å². The van der Waals surface area contributed by atoms with Gasteiger partial charge in [0.05, 0.1) is 13.1 Å². The van der Waals surface area contributed by atoms with E-state index in [1.165, 1.54) is 25.9 Å². The minimum Gasteiger partial charge on any atom is -0.341 e. The normalized spacial score (nSPS) is 22.1. The van der Waals surface area contributed by atoms with Crippen LogP contribution in [0.4, 0.5) is 0 Å². The maximum atomic E-state index is 11.9. The summed E-state index contributed by atoms with van der Waals surface area (Å²) in [5.41, 5.74) is 0. The molecule has 0 aliphatic carbocycles. The van der Waals surface area contributed by atoms with Crippen molar-refractivity contribution in [3.63, 3.8) is 0 Å². The van der Waals surface area contributed by atoms with E-state index in [0.717, 1.165) is 25.9 Å². The number of terminal acetylenes is 1. The summed E-state index contributed by atoms with van der Waals surface area (Å²) in [5, 5.41) is 2.96. The van der Waals surface area contributed by atoms with Crippen LogP contribution in [0, 0.1) is 12.3 Å². The van der Waals surface area contributed by atoms with E-state index in [2.05, 4.69) is 16.1 Å². The van der Waals surface area contributed by atoms with Crippen LogP contribution in [0.1, 0.15) is 25.7 Å². The van der Waals surface area contributed by atoms with Crippen LogP contribution in [0.3, 0.4) is 0 Å². The van der Waals surface area contributed by atoms with Gasteiger partial charge in [0.1, 0.15) is 0 Å². The van der Waals surface area contributed by atoms with Crippen LogP contribution in [-0.2, 0) is 4.79 Å². The number of likely N-dealkylation sites (tertiary alicyclic amines) is 2. The van der Waals surface area contributed by atoms with E-state index in [9.17, 15) is 4.79 Å². The molecule has 0 aromatic rings. The fraction of sp³-hybridized carbons (Fsp3) is 0.786. The monoisotopic (exact) mass is 249 g/mol. The molecule has 4 heteroatoms. The molecule has 0 spiro atoms. The second-order valence-electron chi connectivity index (χ2n) is 5.16. The van der Waals surface area contributed by atoms with Crippen LogP contribution in [0.5, 0.6) is 0 Å². The molecule has 2 rings (SSSR count). The van der Waals surface area contributed by atoms with Gasteiger partial charge in [-0.15, -0.1) is 6.42 Å². The quantitative estimate of drug-likeness (QED) is 0.575. The molecule has 4 nitrogen and oxygen atoms in total. The van der Waals surface area contributed by atoms with Gasteiger partial charge >= 0.3 is 0 Å². The fourth-order valence-electron chi connectivity index (χ4n) is 2.94. The minimum absolute atomic E-state index is 0.185. The average molecular weight is 249 g/mol. The molecule has 0 aromatic carbocycles. The number of nitrogens with one attached hydrogen (secondary N) is 1. The smallest absolute Gasteiger partial charge is 0.236 e. The number of hydrogen-bond donors (Lipinski definition) is 1. The molecule has 2 aliphatic rings. The first-order valence-electron chi connectivity index (χ1n) is 6.97. The highest BCUT2D eigenvalue weighted by molar-refractivity contribution is 5.78. The van der Waals surface area contributed by atoms with Crippen molar-refractivity contribution >= 4 is 5.91 Å². The Morgan fingerprint density at radius 2 is 1.89 bits per heavy atom. The fourth-order valence-corrected chi connectivity index (χ4v) is 2.94. The molecule has 2 saturated heterocycles. The molecule has 0 unspecified atom stereocenters. The molecule has 18 heavy (non-hydrogen) atoms. The van der Waals surface area contributed by atoms with E-state index in [-0.39, 0.29) is 5.91 Å². The zero-order valence-corrected chi connectivity index (χ0v) is 11.0. The van der Waals surface area contributed by atoms with Crippen LogP contribution in [-0.4, -0.2) is 61.0 Å². The lowest BCUT2D eigenvalue weighted by Gasteiger charge is -2.36. The van der Waals surface area contributed by atoms with Crippen molar-refractivity contribution in [2.24, 2.45) is 0 Å². The van der Waals surface area contributed by atoms with Gasteiger partial charge in [-0.05, 0) is 38.8 Å². The molecule has 0 atom stereocenters. The van der Waals surface area contributed by atoms with E-state index in [1.54, 1.807) is 0 Å². The Morgan fingerprint density at radius 1 is 1.22 bits per heavy atom. The predicted molar refractivity (Wildman–Crippen MR) is 72.1 cm³/mol. The number of nitrogens with zero attached hydrogens (tertiary/aromatic N) is 2. The van der Waals surface area contributed by atoms with Crippen LogP contribution < -0.4 is 5.32 Å². The Bertz CT molecular complexity index is 309. The van der Waals surface area contributed by atoms with Gasteiger partial charge < -0.3 is 9.80 Å². The maximum Gasteiger partial charge on any atom is 0.236 e. The first-order chi connectivity index (χ1) is 8.81. The van der Waals surface area contributed by atoms with E-state index >= 15 is 0 Å². The number of rotatable bonds is 4. The maximum absolute atomic E-state index is 11.9. The van der Waals surface area contributed by atoms with Gasteiger partial charge in [0.2, 0.25) is 5.91 Å². The minimum atomic E-state index is 0.185. The van der Waals surface area contributed by atoms with Gasteiger partial charge in [-0.1, -0.05) is 5.92 Å². The molecule has 1 N–H and O–H groups in total. The Balaban J connectivity index is 1.69. The zero-order chi connectivity index (χ0) is 12.8. The third kappa shape index (κ3) is 3.47. The number of carbonyl (C=O) groups excluding carboxylic acids is 1. The summed E-state index contributed by atoms with van der Waals surface area (Å²) in [4.78, 5) is 16.4. The van der Waals surface area contributed by atoms with Gasteiger partial charge in [0.25, 0.3) is 0 Å². The van der Waals surface area contributed by atoms with Crippen molar-refractivity contribution < 1.29 is 4.79 Å². The summed E-state index contributed by atoms with van der Waals surface area (Å²) in [7, 11) is 0. The Kier molecular flexibility index (Phi) is 5.03. The van der Waals surface area contributed by atoms with Crippen molar-refractivity contribution in [3.05, 3.63) is 0 Å². The first kappa shape index (κ1) is 13.4. The second-order valence-corrected chi connectivity index (χ2v) is 5.16. The first-order valence-corrected chi connectivity index (χ1v) is 6.97. The number of hydrogen-bond acceptors (Lipinski definition) is 3. The molecule has 0 bridgehead atoms. The van der Waals surface area contributed by atoms with Crippen LogP contribution in [0.2, 0.25) is 0 Å². The Labute approximate surface area is 110 Å². The van der Waals surface area contributed by atoms with Crippen molar-refractivity contribution in [1.29, 1.82) is 0 Å². The van der Waals surface area contributed by atoms with Crippen molar-refractivity contribution in [2.45, 2.75) is 31.7 Å². The lowest BCUT2D eigenvalue weighted by molar-refractivity contribution is -0.131. The highest BCUT2D eigenvalue weighted by Gasteiger charge is 2.27. The zero-order valence-electron chi connectivity index (χ0n) is 11.0. The number of piperidine rings is 1. The summed E-state index contributed by atoms with van der Waals surface area (Å²) in [6.07, 6.45) is 10.1. The molecule has 2 heterocycles. The largest absolute Gasteiger partial charge is 0.341 e. The Hall–Kier alpha value is -1.05. The summed E-state index contributed by atoms with van der Waals surface area (Å²) in [6, 6.07) is 0.704. The molecule has 100 valence electrons. The van der Waals surface area contributed by atoms with E-state index < -0.39 is 0 Å². The second kappa shape index (κ2) is 6.77. The van der Waals surface area contributed by atoms with Gasteiger partial charge in [0.15, 0.2) is 0 Å². The topological polar surface area (TPSA) is 35.6 Å². The van der Waals surface area contributed by atoms with Gasteiger partial charge in [0, 0.05) is 19.1 Å². The van der Waals surface area contributed by atoms with E-state index in [1.807, 2.05) is 4.90 Å². The van der Waals surface area contributed by atoms with Gasteiger partial charge in [-0.3, -0.25) is 10.1 Å². The van der Waals surface area contributed by atoms with Crippen molar-refractivity contribution in [1.82, 2.24) is 15.1 Å². The molecule has 2 aliphatic heterocycles. The third-order valence-corrected chi connectivity index (χ3v) is 3.98. The van der Waals surface area contributed by atoms with E-state index in [4.69, 9.17) is 6.42 Å². The van der Waals surface area contributed by atoms with Crippen molar-refractivity contribution in [2.75, 3.05) is 39.3 Å². The van der Waals surface area contributed by atoms with Gasteiger partial charge in [-0.2, -0.15) is 0 Å². The predicted octanol–water partition coefficient (Wildman–Crippen LogP) is 0.296. The van der Waals surface area contributed by atoms with Crippen LogP contribution in [0.25, 0.3) is 0 Å². The summed E-state index contributed by atoms with van der Waals surface area (Å²) < 4.78 is 0. The molecule has 0 aromatic heterocycles. The van der Waals surface area contributed by atoms with Crippen molar-refractivity contribution in [3.8, 4) is 12.3 Å². The van der Waals surface area contributed by atoms with Crippen LogP contribution >= 0.6 is 0 Å². The van der Waals surface area contributed by atoms with Gasteiger partial charge in [-0.25, -0.2) is 0 Å². The highest BCUT2D eigenvalue weighted by Crippen LogP contribution is 2.20. The SMILES string of the molecule is C#CCNCC(=O)N1CCC(N2CCCC2)CC1. The third-order valence-electron chi connectivity index (χ3n) is 3.98. The molecular weight excluding hydrogens is 226 g/mol. The lowest BCUT2D eigenvalue weighted by atomic mass is 10.0. The molecular formula is C14H23N3O. The summed E-state index contributed by atoms with van der Waals surface area (Å²) in [6.45, 7) is 5.15. The Morgan fingerprint density at radius 3 is 2.50 bits per heavy atom.